The smallest absolute Gasteiger partial charge is 0.396 e. The fourth-order valence-electron chi connectivity index (χ4n) is 2.34. The van der Waals surface area contributed by atoms with Crippen LogP contribution in [0, 0.1) is 0 Å². The lowest BCUT2D eigenvalue weighted by atomic mass is 9.98. The van der Waals surface area contributed by atoms with Gasteiger partial charge < -0.3 is 10.4 Å². The van der Waals surface area contributed by atoms with E-state index in [0.29, 0.717) is 23.1 Å². The van der Waals surface area contributed by atoms with Crippen LogP contribution in [0.2, 0.25) is 0 Å². The number of halogens is 3. The van der Waals surface area contributed by atoms with Crippen LogP contribution in [-0.2, 0) is 6.18 Å². The maximum absolute atomic E-state index is 12.7. The molecule has 3 nitrogen and oxygen atoms in total. The minimum atomic E-state index is -4.39. The van der Waals surface area contributed by atoms with Crippen molar-refractivity contribution in [3.05, 3.63) is 59.7 Å². The third-order valence-electron chi connectivity index (χ3n) is 3.63. The molecule has 0 aromatic heterocycles. The van der Waals surface area contributed by atoms with Crippen molar-refractivity contribution in [2.75, 3.05) is 6.61 Å². The Morgan fingerprint density at radius 1 is 1.12 bits per heavy atom. The van der Waals surface area contributed by atoms with Crippen LogP contribution in [0.25, 0.3) is 11.1 Å². The number of aliphatic hydroxyl groups is 1. The average Bonchev–Trinajstić information content (AvgIpc) is 2.54. The molecule has 0 spiro atoms. The van der Waals surface area contributed by atoms with Gasteiger partial charge in [0.2, 0.25) is 0 Å². The fourth-order valence-corrected chi connectivity index (χ4v) is 2.34. The lowest BCUT2D eigenvalue weighted by Gasteiger charge is -2.15. The molecule has 0 radical (unpaired) electrons. The van der Waals surface area contributed by atoms with Gasteiger partial charge in [-0.3, -0.25) is 4.79 Å². The highest BCUT2D eigenvalue weighted by molar-refractivity contribution is 6.01. The Hall–Kier alpha value is -2.34. The van der Waals surface area contributed by atoms with Crippen LogP contribution in [0.3, 0.4) is 0 Å². The van der Waals surface area contributed by atoms with Crippen molar-refractivity contribution in [1.82, 2.24) is 5.32 Å². The second kappa shape index (κ2) is 7.49. The van der Waals surface area contributed by atoms with Gasteiger partial charge in [0.1, 0.15) is 0 Å². The van der Waals surface area contributed by atoms with Crippen LogP contribution in [0.15, 0.2) is 48.5 Å². The molecule has 1 unspecified atom stereocenters. The molecule has 0 saturated heterocycles. The molecule has 0 saturated carbocycles. The Morgan fingerprint density at radius 3 is 2.33 bits per heavy atom. The number of amides is 1. The van der Waals surface area contributed by atoms with Gasteiger partial charge in [-0.25, -0.2) is 0 Å². The van der Waals surface area contributed by atoms with Gasteiger partial charge in [0.05, 0.1) is 5.56 Å². The van der Waals surface area contributed by atoms with Crippen LogP contribution < -0.4 is 5.32 Å². The van der Waals surface area contributed by atoms with Gasteiger partial charge in [-0.1, -0.05) is 30.3 Å². The van der Waals surface area contributed by atoms with E-state index in [1.54, 1.807) is 31.2 Å². The molecule has 6 heteroatoms. The zero-order valence-corrected chi connectivity index (χ0v) is 13.1. The Labute approximate surface area is 138 Å². The maximum Gasteiger partial charge on any atom is 0.416 e. The molecule has 0 aliphatic carbocycles. The molecular weight excluding hydrogens is 319 g/mol. The summed E-state index contributed by atoms with van der Waals surface area (Å²) in [6, 6.07) is 11.2. The van der Waals surface area contributed by atoms with Crippen LogP contribution in [-0.4, -0.2) is 23.7 Å². The first kappa shape index (κ1) is 18.0. The number of alkyl halides is 3. The zero-order valence-electron chi connectivity index (χ0n) is 13.1. The van der Waals surface area contributed by atoms with Crippen LogP contribution in [0.4, 0.5) is 13.2 Å². The minimum absolute atomic E-state index is 0.0397. The molecule has 2 aromatic rings. The van der Waals surface area contributed by atoms with Gasteiger partial charge in [0.25, 0.3) is 5.91 Å². The Kier molecular flexibility index (Phi) is 5.62. The normalized spacial score (nSPS) is 12.7. The first-order valence-corrected chi connectivity index (χ1v) is 7.51. The molecule has 0 heterocycles. The molecule has 2 N–H and O–H groups in total. The number of carbonyl (C=O) groups excluding carboxylic acids is 1. The molecule has 1 amide bonds. The third kappa shape index (κ3) is 4.35. The van der Waals surface area contributed by atoms with E-state index in [4.69, 9.17) is 5.11 Å². The summed E-state index contributed by atoms with van der Waals surface area (Å²) in [6.07, 6.45) is -3.97. The van der Waals surface area contributed by atoms with Crippen molar-refractivity contribution in [3.8, 4) is 11.1 Å². The maximum atomic E-state index is 12.7. The molecule has 24 heavy (non-hydrogen) atoms. The largest absolute Gasteiger partial charge is 0.416 e. The molecule has 2 aromatic carbocycles. The summed E-state index contributed by atoms with van der Waals surface area (Å²) < 4.78 is 38.0. The van der Waals surface area contributed by atoms with E-state index < -0.39 is 11.7 Å². The first-order valence-electron chi connectivity index (χ1n) is 7.51. The Balaban J connectivity index is 2.30. The van der Waals surface area contributed by atoms with E-state index in [9.17, 15) is 18.0 Å². The van der Waals surface area contributed by atoms with E-state index in [1.807, 2.05) is 0 Å². The number of hydrogen-bond acceptors (Lipinski definition) is 2. The van der Waals surface area contributed by atoms with E-state index in [0.717, 1.165) is 12.1 Å². The zero-order chi connectivity index (χ0) is 17.7. The number of hydrogen-bond donors (Lipinski definition) is 2. The predicted octanol–water partition coefficient (Wildman–Crippen LogP) is 3.87. The van der Waals surface area contributed by atoms with Gasteiger partial charge in [0, 0.05) is 18.2 Å². The molecule has 1 atom stereocenters. The molecule has 128 valence electrons. The van der Waals surface area contributed by atoms with Crippen LogP contribution in [0.5, 0.6) is 0 Å². The van der Waals surface area contributed by atoms with Crippen molar-refractivity contribution in [3.63, 3.8) is 0 Å². The van der Waals surface area contributed by atoms with Gasteiger partial charge >= 0.3 is 6.18 Å². The first-order chi connectivity index (χ1) is 11.3. The van der Waals surface area contributed by atoms with Crippen LogP contribution in [0.1, 0.15) is 29.3 Å². The highest BCUT2D eigenvalue weighted by Crippen LogP contribution is 2.31. The minimum Gasteiger partial charge on any atom is -0.396 e. The second-order valence-electron chi connectivity index (χ2n) is 5.51. The number of carbonyl (C=O) groups is 1. The summed E-state index contributed by atoms with van der Waals surface area (Å²) in [5.41, 5.74) is 0.732. The monoisotopic (exact) mass is 337 g/mol. The van der Waals surface area contributed by atoms with E-state index in [2.05, 4.69) is 5.32 Å². The number of nitrogens with one attached hydrogen (secondary N) is 1. The Morgan fingerprint density at radius 2 is 1.75 bits per heavy atom. The summed E-state index contributed by atoms with van der Waals surface area (Å²) in [4.78, 5) is 12.4. The highest BCUT2D eigenvalue weighted by atomic mass is 19.4. The van der Waals surface area contributed by atoms with E-state index in [-0.39, 0.29) is 18.6 Å². The summed E-state index contributed by atoms with van der Waals surface area (Å²) in [5.74, 6) is -0.327. The molecule has 0 bridgehead atoms. The topological polar surface area (TPSA) is 49.3 Å². The average molecular weight is 337 g/mol. The molecular formula is C18H18F3NO2. The predicted molar refractivity (Wildman–Crippen MR) is 85.5 cm³/mol. The van der Waals surface area contributed by atoms with Crippen molar-refractivity contribution >= 4 is 5.91 Å². The van der Waals surface area contributed by atoms with Crippen molar-refractivity contribution < 1.29 is 23.1 Å². The molecule has 0 aliphatic heterocycles. The Bertz CT molecular complexity index is 696. The molecule has 0 fully saturated rings. The quantitative estimate of drug-likeness (QED) is 0.870. The van der Waals surface area contributed by atoms with E-state index >= 15 is 0 Å². The van der Waals surface area contributed by atoms with Gasteiger partial charge in [-0.05, 0) is 42.7 Å². The lowest BCUT2D eigenvalue weighted by Crippen LogP contribution is -2.33. The number of benzene rings is 2. The van der Waals surface area contributed by atoms with Gasteiger partial charge in [-0.15, -0.1) is 0 Å². The summed E-state index contributed by atoms with van der Waals surface area (Å²) in [7, 11) is 0. The third-order valence-corrected chi connectivity index (χ3v) is 3.63. The number of rotatable bonds is 5. The van der Waals surface area contributed by atoms with Crippen molar-refractivity contribution in [2.24, 2.45) is 0 Å². The van der Waals surface area contributed by atoms with Gasteiger partial charge in [0.15, 0.2) is 0 Å². The SMILES string of the molecule is CC(CCO)NC(=O)c1ccccc1-c1ccc(C(F)(F)F)cc1. The number of aliphatic hydroxyl groups excluding tert-OH is 1. The van der Waals surface area contributed by atoms with Gasteiger partial charge in [-0.2, -0.15) is 13.2 Å². The summed E-state index contributed by atoms with van der Waals surface area (Å²) >= 11 is 0. The fraction of sp³-hybridized carbons (Fsp3) is 0.278. The summed E-state index contributed by atoms with van der Waals surface area (Å²) in [5, 5.41) is 11.7. The molecule has 2 rings (SSSR count). The van der Waals surface area contributed by atoms with Crippen LogP contribution >= 0.6 is 0 Å². The standard InChI is InChI=1S/C18H18F3NO2/c1-12(10-11-23)22-17(24)16-5-3-2-4-15(16)13-6-8-14(9-7-13)18(19,20)21/h2-9,12,23H,10-11H2,1H3,(H,22,24). The molecule has 0 aliphatic rings. The second-order valence-corrected chi connectivity index (χ2v) is 5.51. The highest BCUT2D eigenvalue weighted by Gasteiger charge is 2.30. The van der Waals surface area contributed by atoms with Crippen molar-refractivity contribution in [2.45, 2.75) is 25.6 Å². The van der Waals surface area contributed by atoms with Crippen molar-refractivity contribution in [1.29, 1.82) is 0 Å². The lowest BCUT2D eigenvalue weighted by molar-refractivity contribution is -0.137. The summed E-state index contributed by atoms with van der Waals surface area (Å²) in [6.45, 7) is 1.73. The van der Waals surface area contributed by atoms with E-state index in [1.165, 1.54) is 12.1 Å².